The molecule has 1 amide bonds. The van der Waals surface area contributed by atoms with Crippen LogP contribution < -0.4 is 10.1 Å². The van der Waals surface area contributed by atoms with Crippen LogP contribution in [0.4, 0.5) is 5.69 Å². The van der Waals surface area contributed by atoms with Crippen molar-refractivity contribution in [3.8, 4) is 5.75 Å². The van der Waals surface area contributed by atoms with E-state index in [1.54, 1.807) is 14.2 Å². The Labute approximate surface area is 144 Å². The molecule has 2 aromatic carbocycles. The molecule has 2 aromatic rings. The highest BCUT2D eigenvalue weighted by atomic mass is 16.5. The maximum absolute atomic E-state index is 12.8. The first-order chi connectivity index (χ1) is 11.6. The normalized spacial score (nSPS) is 13.5. The van der Waals surface area contributed by atoms with Crippen molar-refractivity contribution in [2.45, 2.75) is 45.1 Å². The monoisotopic (exact) mass is 329 g/mol. The minimum atomic E-state index is -0.823. The zero-order chi connectivity index (χ0) is 17.6. The van der Waals surface area contributed by atoms with Crippen molar-refractivity contribution in [1.29, 1.82) is 0 Å². The van der Waals surface area contributed by atoms with Gasteiger partial charge >= 0.3 is 0 Å². The van der Waals surface area contributed by atoms with E-state index in [4.69, 9.17) is 9.47 Å². The first-order valence-corrected chi connectivity index (χ1v) is 8.48. The topological polar surface area (TPSA) is 47.6 Å². The van der Waals surface area contributed by atoms with Crippen LogP contribution in [0.15, 0.2) is 36.4 Å². The van der Waals surface area contributed by atoms with Gasteiger partial charge in [-0.2, -0.15) is 0 Å². The van der Waals surface area contributed by atoms with Gasteiger partial charge in [0.2, 0.25) is 0 Å². The summed E-state index contributed by atoms with van der Waals surface area (Å²) in [5.41, 5.74) is -0.0499. The van der Waals surface area contributed by atoms with E-state index in [9.17, 15) is 4.79 Å². The van der Waals surface area contributed by atoms with Crippen molar-refractivity contribution in [1.82, 2.24) is 0 Å². The van der Waals surface area contributed by atoms with Crippen LogP contribution in [0.2, 0.25) is 0 Å². The molecule has 0 unspecified atom stereocenters. The predicted molar refractivity (Wildman–Crippen MR) is 98.7 cm³/mol. The Bertz CT molecular complexity index is 698. The summed E-state index contributed by atoms with van der Waals surface area (Å²) in [4.78, 5) is 12.8. The molecule has 0 spiro atoms. The van der Waals surface area contributed by atoms with E-state index in [0.29, 0.717) is 6.42 Å². The van der Waals surface area contributed by atoms with Crippen molar-refractivity contribution in [3.05, 3.63) is 36.4 Å². The molecule has 0 aromatic heterocycles. The van der Waals surface area contributed by atoms with Gasteiger partial charge in [0.25, 0.3) is 5.91 Å². The molecule has 4 nitrogen and oxygen atoms in total. The summed E-state index contributed by atoms with van der Waals surface area (Å²) in [5.74, 6) is 0.678. The van der Waals surface area contributed by atoms with E-state index < -0.39 is 5.60 Å². The zero-order valence-corrected chi connectivity index (χ0v) is 15.0. The number of unbranched alkanes of at least 4 members (excludes halogenated alkanes) is 2. The third-order valence-electron chi connectivity index (χ3n) is 4.54. The molecule has 0 aliphatic rings. The fourth-order valence-electron chi connectivity index (χ4n) is 2.83. The van der Waals surface area contributed by atoms with Crippen molar-refractivity contribution in [2.75, 3.05) is 19.5 Å². The molecule has 0 bridgehead atoms. The summed E-state index contributed by atoms with van der Waals surface area (Å²) >= 11 is 0. The number of rotatable bonds is 8. The van der Waals surface area contributed by atoms with Gasteiger partial charge in [0.15, 0.2) is 0 Å². The maximum Gasteiger partial charge on any atom is 0.256 e. The molecular formula is C20H27NO3. The van der Waals surface area contributed by atoms with Crippen LogP contribution in [-0.4, -0.2) is 25.7 Å². The smallest absolute Gasteiger partial charge is 0.256 e. The number of fused-ring (bicyclic) bond motifs is 1. The second-order valence-corrected chi connectivity index (χ2v) is 6.21. The molecule has 0 aliphatic heterocycles. The number of benzene rings is 2. The Kier molecular flexibility index (Phi) is 6.21. The van der Waals surface area contributed by atoms with Gasteiger partial charge in [-0.3, -0.25) is 4.79 Å². The molecule has 1 atom stereocenters. The lowest BCUT2D eigenvalue weighted by atomic mass is 9.96. The van der Waals surface area contributed by atoms with Gasteiger partial charge < -0.3 is 14.8 Å². The number of methoxy groups -OCH3 is 2. The van der Waals surface area contributed by atoms with Crippen molar-refractivity contribution >= 4 is 22.4 Å². The first-order valence-electron chi connectivity index (χ1n) is 8.48. The molecule has 2 rings (SSSR count). The van der Waals surface area contributed by atoms with E-state index in [1.807, 2.05) is 43.3 Å². The van der Waals surface area contributed by atoms with E-state index in [0.717, 1.165) is 41.5 Å². The Morgan fingerprint density at radius 2 is 1.79 bits per heavy atom. The molecule has 0 saturated carbocycles. The van der Waals surface area contributed by atoms with Gasteiger partial charge in [0, 0.05) is 23.6 Å². The van der Waals surface area contributed by atoms with Crippen LogP contribution in [0.1, 0.15) is 39.5 Å². The molecule has 130 valence electrons. The Hall–Kier alpha value is -2.07. The number of hydrogen-bond donors (Lipinski definition) is 1. The quantitative estimate of drug-likeness (QED) is 0.710. The van der Waals surface area contributed by atoms with Gasteiger partial charge in [-0.05, 0) is 25.5 Å². The Balaban J connectivity index is 2.26. The second kappa shape index (κ2) is 8.15. The molecule has 4 heteroatoms. The maximum atomic E-state index is 12.8. The van der Waals surface area contributed by atoms with Crippen LogP contribution in [0.3, 0.4) is 0 Å². The third kappa shape index (κ3) is 3.88. The Morgan fingerprint density at radius 1 is 1.08 bits per heavy atom. The number of amides is 1. The van der Waals surface area contributed by atoms with Crippen LogP contribution >= 0.6 is 0 Å². The summed E-state index contributed by atoms with van der Waals surface area (Å²) in [5, 5.41) is 4.97. The average molecular weight is 329 g/mol. The summed E-state index contributed by atoms with van der Waals surface area (Å²) in [6, 6.07) is 11.6. The number of hydrogen-bond acceptors (Lipinski definition) is 3. The predicted octanol–water partition coefficient (Wildman–Crippen LogP) is 4.77. The lowest BCUT2D eigenvalue weighted by Gasteiger charge is -2.27. The molecule has 0 radical (unpaired) electrons. The molecule has 24 heavy (non-hydrogen) atoms. The largest absolute Gasteiger partial charge is 0.496 e. The van der Waals surface area contributed by atoms with E-state index in [-0.39, 0.29) is 5.91 Å². The highest BCUT2D eigenvalue weighted by Gasteiger charge is 2.32. The fraction of sp³-hybridized carbons (Fsp3) is 0.450. The van der Waals surface area contributed by atoms with Crippen LogP contribution in [0.25, 0.3) is 10.8 Å². The molecule has 1 N–H and O–H groups in total. The van der Waals surface area contributed by atoms with Crippen molar-refractivity contribution in [2.24, 2.45) is 0 Å². The number of ether oxygens (including phenoxy) is 2. The zero-order valence-electron chi connectivity index (χ0n) is 15.0. The van der Waals surface area contributed by atoms with Crippen LogP contribution in [0.5, 0.6) is 5.75 Å². The summed E-state index contributed by atoms with van der Waals surface area (Å²) < 4.78 is 10.9. The highest BCUT2D eigenvalue weighted by molar-refractivity contribution is 6.06. The SMILES string of the molecule is CCCCC[C@](C)(OC)C(=O)Nc1ccc(OC)c2ccccc12. The van der Waals surface area contributed by atoms with Gasteiger partial charge in [0.05, 0.1) is 7.11 Å². The van der Waals surface area contributed by atoms with E-state index >= 15 is 0 Å². The molecule has 0 fully saturated rings. The van der Waals surface area contributed by atoms with E-state index in [2.05, 4.69) is 12.2 Å². The molecule has 0 aliphatic carbocycles. The first kappa shape index (κ1) is 18.3. The van der Waals surface area contributed by atoms with Crippen LogP contribution in [0, 0.1) is 0 Å². The highest BCUT2D eigenvalue weighted by Crippen LogP contribution is 2.32. The molecular weight excluding hydrogens is 302 g/mol. The minimum absolute atomic E-state index is 0.114. The molecule has 0 heterocycles. The number of anilines is 1. The number of carbonyl (C=O) groups is 1. The summed E-state index contributed by atoms with van der Waals surface area (Å²) in [6.45, 7) is 4.00. The molecule has 0 saturated heterocycles. The van der Waals surface area contributed by atoms with Gasteiger partial charge in [0.1, 0.15) is 11.4 Å². The fourth-order valence-corrected chi connectivity index (χ4v) is 2.83. The Morgan fingerprint density at radius 3 is 2.42 bits per heavy atom. The van der Waals surface area contributed by atoms with Crippen molar-refractivity contribution in [3.63, 3.8) is 0 Å². The standard InChI is InChI=1S/C20H27NO3/c1-5-6-9-14-20(2,24-4)19(22)21-17-12-13-18(23-3)16-11-8-7-10-15(16)17/h7-8,10-13H,5-6,9,14H2,1-4H3,(H,21,22)/t20-/m0/s1. The third-order valence-corrected chi connectivity index (χ3v) is 4.54. The van der Waals surface area contributed by atoms with Crippen molar-refractivity contribution < 1.29 is 14.3 Å². The summed E-state index contributed by atoms with van der Waals surface area (Å²) in [7, 11) is 3.24. The van der Waals surface area contributed by atoms with Gasteiger partial charge in [-0.1, -0.05) is 50.5 Å². The minimum Gasteiger partial charge on any atom is -0.496 e. The lowest BCUT2D eigenvalue weighted by molar-refractivity contribution is -0.136. The number of carbonyl (C=O) groups excluding carboxylic acids is 1. The van der Waals surface area contributed by atoms with E-state index in [1.165, 1.54) is 0 Å². The average Bonchev–Trinajstić information content (AvgIpc) is 2.62. The van der Waals surface area contributed by atoms with Gasteiger partial charge in [-0.25, -0.2) is 0 Å². The second-order valence-electron chi connectivity index (χ2n) is 6.21. The lowest BCUT2D eigenvalue weighted by Crippen LogP contribution is -2.42. The number of nitrogens with one attached hydrogen (secondary N) is 1. The summed E-state index contributed by atoms with van der Waals surface area (Å²) in [6.07, 6.45) is 3.89. The van der Waals surface area contributed by atoms with Crippen LogP contribution in [-0.2, 0) is 9.53 Å². The van der Waals surface area contributed by atoms with Gasteiger partial charge in [-0.15, -0.1) is 0 Å².